The van der Waals surface area contributed by atoms with E-state index in [1.54, 1.807) is 12.1 Å². The van der Waals surface area contributed by atoms with E-state index in [1.165, 1.54) is 20.2 Å². The molecule has 12 nitrogen and oxygen atoms in total. The number of likely N-dealkylation sites (N-methyl/N-ethyl adjacent to an activating group) is 1. The first-order valence-electron chi connectivity index (χ1n) is 14.1. The molecule has 0 aliphatic carbocycles. The number of urea groups is 2. The summed E-state index contributed by atoms with van der Waals surface area (Å²) in [5.41, 5.74) is 0.432. The van der Waals surface area contributed by atoms with Crippen molar-refractivity contribution in [1.29, 1.82) is 0 Å². The van der Waals surface area contributed by atoms with Crippen LogP contribution in [0.4, 0.5) is 15.3 Å². The minimum Gasteiger partial charge on any atom is -0.364 e. The molecule has 1 aromatic rings. The lowest BCUT2D eigenvalue weighted by Crippen LogP contribution is -2.74. The molecule has 3 saturated heterocycles. The Balaban J connectivity index is 0.00000405. The van der Waals surface area contributed by atoms with E-state index >= 15 is 0 Å². The van der Waals surface area contributed by atoms with Crippen LogP contribution in [-0.4, -0.2) is 109 Å². The van der Waals surface area contributed by atoms with Gasteiger partial charge >= 0.3 is 12.1 Å². The molecule has 3 fully saturated rings. The molecule has 1 spiro atoms. The third-order valence-corrected chi connectivity index (χ3v) is 8.71. The molecule has 8 amide bonds. The highest BCUT2D eigenvalue weighted by Gasteiger charge is 2.63. The number of rotatable bonds is 6. The number of piperazine rings is 1. The summed E-state index contributed by atoms with van der Waals surface area (Å²) in [7, 11) is 4.73. The number of amides is 8. The van der Waals surface area contributed by atoms with Gasteiger partial charge in [0, 0.05) is 46.0 Å². The lowest BCUT2D eigenvalue weighted by molar-refractivity contribution is -0.160. The molecule has 4 heterocycles. The Bertz CT molecular complexity index is 1350. The highest BCUT2D eigenvalue weighted by molar-refractivity contribution is 6.31. The van der Waals surface area contributed by atoms with E-state index in [0.29, 0.717) is 30.6 Å². The first kappa shape index (κ1) is 31.2. The van der Waals surface area contributed by atoms with Crippen molar-refractivity contribution in [2.45, 2.75) is 45.1 Å². The van der Waals surface area contributed by atoms with Crippen LogP contribution in [0.2, 0.25) is 0 Å². The van der Waals surface area contributed by atoms with Crippen LogP contribution in [0.1, 0.15) is 43.7 Å². The predicted molar refractivity (Wildman–Crippen MR) is 157 cm³/mol. The second kappa shape index (κ2) is 11.8. The van der Waals surface area contributed by atoms with Crippen LogP contribution in [0.3, 0.4) is 0 Å². The molecule has 1 atom stereocenters. The number of fused-ring (bicyclic) bond motifs is 4. The van der Waals surface area contributed by atoms with Gasteiger partial charge in [-0.05, 0) is 49.2 Å². The third-order valence-electron chi connectivity index (χ3n) is 8.71. The van der Waals surface area contributed by atoms with E-state index in [2.05, 4.69) is 22.0 Å². The fourth-order valence-electron chi connectivity index (χ4n) is 6.45. The smallest absolute Gasteiger partial charge is 0.332 e. The Labute approximate surface area is 251 Å². The summed E-state index contributed by atoms with van der Waals surface area (Å²) in [5, 5.41) is 2.26. The van der Waals surface area contributed by atoms with Crippen molar-refractivity contribution in [3.8, 4) is 0 Å². The number of carbonyl (C=O) groups is 6. The molecule has 226 valence electrons. The molecule has 13 heteroatoms. The van der Waals surface area contributed by atoms with Gasteiger partial charge in [0.15, 0.2) is 5.41 Å². The van der Waals surface area contributed by atoms with Gasteiger partial charge in [0.1, 0.15) is 5.57 Å². The Morgan fingerprint density at radius 1 is 0.952 bits per heavy atom. The molecular formula is C29H37ClN6O6. The van der Waals surface area contributed by atoms with Crippen molar-refractivity contribution in [2.24, 2.45) is 5.41 Å². The van der Waals surface area contributed by atoms with Crippen LogP contribution in [0.5, 0.6) is 0 Å². The van der Waals surface area contributed by atoms with Crippen LogP contribution in [-0.2, 0) is 25.6 Å². The van der Waals surface area contributed by atoms with Gasteiger partial charge in [-0.1, -0.05) is 32.3 Å². The zero-order valence-electron chi connectivity index (χ0n) is 24.3. The predicted octanol–water partition coefficient (Wildman–Crippen LogP) is 1.86. The summed E-state index contributed by atoms with van der Waals surface area (Å²) < 4.78 is 0. The van der Waals surface area contributed by atoms with Gasteiger partial charge in [0.2, 0.25) is 11.8 Å². The minimum absolute atomic E-state index is 0. The van der Waals surface area contributed by atoms with E-state index in [4.69, 9.17) is 0 Å². The Hall–Kier alpha value is -3.77. The van der Waals surface area contributed by atoms with Crippen LogP contribution < -0.4 is 10.2 Å². The van der Waals surface area contributed by atoms with Crippen LogP contribution in [0.15, 0.2) is 23.8 Å². The van der Waals surface area contributed by atoms with Crippen molar-refractivity contribution in [2.75, 3.05) is 52.2 Å². The van der Waals surface area contributed by atoms with E-state index in [9.17, 15) is 28.8 Å². The largest absolute Gasteiger partial charge is 0.364 e. The Morgan fingerprint density at radius 3 is 2.31 bits per heavy atom. The summed E-state index contributed by atoms with van der Waals surface area (Å²) in [4.78, 5) is 85.7. The number of hydrogen-bond donors (Lipinski definition) is 1. The monoisotopic (exact) mass is 600 g/mol. The molecule has 1 N–H and O–H groups in total. The lowest BCUT2D eigenvalue weighted by Gasteiger charge is -2.55. The molecule has 4 aliphatic heterocycles. The molecule has 0 aromatic heterocycles. The van der Waals surface area contributed by atoms with E-state index in [-0.39, 0.29) is 30.9 Å². The van der Waals surface area contributed by atoms with Crippen molar-refractivity contribution in [1.82, 2.24) is 24.9 Å². The average molecular weight is 601 g/mol. The van der Waals surface area contributed by atoms with Crippen molar-refractivity contribution < 1.29 is 28.8 Å². The van der Waals surface area contributed by atoms with Gasteiger partial charge in [0.25, 0.3) is 11.8 Å². The normalized spacial score (nSPS) is 23.3. The Morgan fingerprint density at radius 2 is 1.64 bits per heavy atom. The van der Waals surface area contributed by atoms with Gasteiger partial charge in [-0.25, -0.2) is 9.59 Å². The number of anilines is 1. The average Bonchev–Trinajstić information content (AvgIpc) is 2.95. The SMILES string of the molecule is CCCCCCN1C(=O)NC(=O)C(=Cc2ccc3c(c2)CC2(C(=O)N(C)C(=O)N(C)C2=O)C2CN(C)CCN32)C1=O.Cl. The summed E-state index contributed by atoms with van der Waals surface area (Å²) in [6.45, 7) is 4.06. The fraction of sp³-hybridized carbons (Fsp3) is 0.517. The highest BCUT2D eigenvalue weighted by atomic mass is 35.5. The van der Waals surface area contributed by atoms with Crippen molar-refractivity contribution >= 4 is 59.9 Å². The number of hydrogen-bond acceptors (Lipinski definition) is 8. The number of nitrogens with zero attached hydrogens (tertiary/aromatic N) is 5. The number of halogens is 1. The second-order valence-electron chi connectivity index (χ2n) is 11.4. The van der Waals surface area contributed by atoms with Gasteiger partial charge < -0.3 is 9.80 Å². The Kier molecular flexibility index (Phi) is 8.79. The molecule has 5 rings (SSSR count). The number of carbonyl (C=O) groups excluding carboxylic acids is 6. The minimum atomic E-state index is -1.51. The molecule has 0 radical (unpaired) electrons. The first-order valence-corrected chi connectivity index (χ1v) is 14.1. The molecule has 42 heavy (non-hydrogen) atoms. The molecule has 0 bridgehead atoms. The van der Waals surface area contributed by atoms with Crippen molar-refractivity contribution in [3.05, 3.63) is 34.9 Å². The maximum atomic E-state index is 13.8. The second-order valence-corrected chi connectivity index (χ2v) is 11.4. The number of imide groups is 4. The molecule has 0 saturated carbocycles. The quantitative estimate of drug-likeness (QED) is 0.227. The van der Waals surface area contributed by atoms with E-state index in [1.807, 2.05) is 13.1 Å². The topological polar surface area (TPSA) is 131 Å². The number of nitrogens with one attached hydrogen (secondary N) is 1. The van der Waals surface area contributed by atoms with Gasteiger partial charge in [-0.3, -0.25) is 39.2 Å². The maximum Gasteiger partial charge on any atom is 0.332 e. The third kappa shape index (κ3) is 4.96. The fourth-order valence-corrected chi connectivity index (χ4v) is 6.45. The van der Waals surface area contributed by atoms with Crippen LogP contribution >= 0.6 is 12.4 Å². The summed E-state index contributed by atoms with van der Waals surface area (Å²) in [5.74, 6) is -2.49. The molecule has 4 aliphatic rings. The number of benzene rings is 1. The highest BCUT2D eigenvalue weighted by Crippen LogP contribution is 2.47. The summed E-state index contributed by atoms with van der Waals surface area (Å²) in [6, 6.07) is 3.57. The summed E-state index contributed by atoms with van der Waals surface area (Å²) in [6.07, 6.45) is 5.02. The number of unbranched alkanes of at least 4 members (excludes halogenated alkanes) is 3. The standard InChI is InChI=1S/C29H36N6O6.ClH/c1-5-6-7-8-11-35-24(37)20(23(36)30-27(35)40)15-18-9-10-21-19(14-18)16-29(22-17-31(2)12-13-34(21)22)25(38)32(3)28(41)33(4)26(29)39;/h9-10,14-15,22H,5-8,11-13,16-17H2,1-4H3,(H,30,36,40);1H. The van der Waals surface area contributed by atoms with Gasteiger partial charge in [-0.15, -0.1) is 12.4 Å². The molecule has 1 unspecified atom stereocenters. The van der Waals surface area contributed by atoms with E-state index in [0.717, 1.165) is 46.2 Å². The zero-order valence-corrected chi connectivity index (χ0v) is 25.2. The zero-order chi connectivity index (χ0) is 29.6. The first-order chi connectivity index (χ1) is 19.5. The van der Waals surface area contributed by atoms with Crippen molar-refractivity contribution in [3.63, 3.8) is 0 Å². The van der Waals surface area contributed by atoms with Crippen LogP contribution in [0, 0.1) is 5.41 Å². The van der Waals surface area contributed by atoms with Gasteiger partial charge in [0.05, 0.1) is 6.04 Å². The number of barbiturate groups is 2. The lowest BCUT2D eigenvalue weighted by atomic mass is 9.67. The summed E-state index contributed by atoms with van der Waals surface area (Å²) >= 11 is 0. The van der Waals surface area contributed by atoms with Crippen LogP contribution in [0.25, 0.3) is 6.08 Å². The maximum absolute atomic E-state index is 13.8. The van der Waals surface area contributed by atoms with E-state index < -0.39 is 47.1 Å². The van der Waals surface area contributed by atoms with Gasteiger partial charge in [-0.2, -0.15) is 0 Å². The molecular weight excluding hydrogens is 564 g/mol. The molecule has 1 aromatic carbocycles.